The first-order valence-electron chi connectivity index (χ1n) is 15.4. The Bertz CT molecular complexity index is 1670. The van der Waals surface area contributed by atoms with Gasteiger partial charge in [-0.2, -0.15) is 5.26 Å². The summed E-state index contributed by atoms with van der Waals surface area (Å²) in [6.45, 7) is 7.21. The fourth-order valence-electron chi connectivity index (χ4n) is 6.41. The van der Waals surface area contributed by atoms with E-state index in [4.69, 9.17) is 14.5 Å². The summed E-state index contributed by atoms with van der Waals surface area (Å²) in [5.74, 6) is 0.340. The van der Waals surface area contributed by atoms with Gasteiger partial charge in [0.05, 0.1) is 30.2 Å². The number of hydrogen-bond donors (Lipinski definition) is 0. The Kier molecular flexibility index (Phi) is 8.42. The zero-order chi connectivity index (χ0) is 29.8. The Balaban J connectivity index is 1.35. The smallest absolute Gasteiger partial charge is 0.261 e. The van der Waals surface area contributed by atoms with Gasteiger partial charge in [0.15, 0.2) is 5.79 Å². The molecule has 1 spiro atoms. The van der Waals surface area contributed by atoms with Crippen LogP contribution in [0.25, 0.3) is 16.8 Å². The van der Waals surface area contributed by atoms with Gasteiger partial charge in [-0.1, -0.05) is 68.8 Å². The molecule has 4 aromatic rings. The normalized spacial score (nSPS) is 16.0. The van der Waals surface area contributed by atoms with Crippen LogP contribution in [0.3, 0.4) is 0 Å². The van der Waals surface area contributed by atoms with Crippen LogP contribution in [-0.4, -0.2) is 41.6 Å². The Morgan fingerprint density at radius 3 is 2.26 bits per heavy atom. The third-order valence-electron chi connectivity index (χ3n) is 8.66. The predicted molar refractivity (Wildman–Crippen MR) is 169 cm³/mol. The second-order valence-corrected chi connectivity index (χ2v) is 11.3. The fourth-order valence-corrected chi connectivity index (χ4v) is 6.41. The lowest BCUT2D eigenvalue weighted by Crippen LogP contribution is -2.45. The van der Waals surface area contributed by atoms with Crippen molar-refractivity contribution >= 4 is 5.69 Å². The zero-order valence-corrected chi connectivity index (χ0v) is 25.0. The number of anilines is 1. The van der Waals surface area contributed by atoms with Crippen molar-refractivity contribution in [2.24, 2.45) is 0 Å². The Morgan fingerprint density at radius 1 is 0.907 bits per heavy atom. The van der Waals surface area contributed by atoms with Gasteiger partial charge in [-0.25, -0.2) is 4.98 Å². The molecule has 0 unspecified atom stereocenters. The van der Waals surface area contributed by atoms with Crippen molar-refractivity contribution in [2.45, 2.75) is 58.2 Å². The van der Waals surface area contributed by atoms with Crippen LogP contribution in [0.15, 0.2) is 77.6 Å². The van der Waals surface area contributed by atoms with Crippen molar-refractivity contribution in [3.05, 3.63) is 111 Å². The van der Waals surface area contributed by atoms with E-state index in [1.807, 2.05) is 67.6 Å². The summed E-state index contributed by atoms with van der Waals surface area (Å²) < 4.78 is 13.5. The van der Waals surface area contributed by atoms with Crippen molar-refractivity contribution in [2.75, 3.05) is 31.2 Å². The molecule has 0 amide bonds. The molecule has 2 aliphatic heterocycles. The molecular formula is C36H38N4O3. The van der Waals surface area contributed by atoms with E-state index in [-0.39, 0.29) is 5.56 Å². The monoisotopic (exact) mass is 574 g/mol. The number of nitriles is 1. The topological polar surface area (TPSA) is 80.4 Å². The maximum Gasteiger partial charge on any atom is 0.261 e. The zero-order valence-electron chi connectivity index (χ0n) is 25.0. The van der Waals surface area contributed by atoms with Gasteiger partial charge >= 0.3 is 0 Å². The number of aromatic nitrogens is 2. The molecule has 7 heteroatoms. The van der Waals surface area contributed by atoms with Gasteiger partial charge in [-0.3, -0.25) is 9.36 Å². The summed E-state index contributed by atoms with van der Waals surface area (Å²) in [5.41, 5.74) is 6.64. The summed E-state index contributed by atoms with van der Waals surface area (Å²) in [7, 11) is 0. The van der Waals surface area contributed by atoms with E-state index in [9.17, 15) is 10.1 Å². The van der Waals surface area contributed by atoms with Gasteiger partial charge in [0, 0.05) is 50.0 Å². The number of hydrogen-bond acceptors (Lipinski definition) is 6. The van der Waals surface area contributed by atoms with Crippen LogP contribution in [0.1, 0.15) is 61.3 Å². The van der Waals surface area contributed by atoms with Crippen molar-refractivity contribution in [3.63, 3.8) is 0 Å². The lowest BCUT2D eigenvalue weighted by molar-refractivity contribution is -0.169. The second-order valence-electron chi connectivity index (χ2n) is 11.3. The molecule has 0 atom stereocenters. The molecule has 2 fully saturated rings. The Hall–Kier alpha value is -4.25. The summed E-state index contributed by atoms with van der Waals surface area (Å²) in [6, 6.07) is 26.5. The van der Waals surface area contributed by atoms with Crippen molar-refractivity contribution in [1.82, 2.24) is 9.55 Å². The molecule has 0 bridgehead atoms. The first kappa shape index (κ1) is 28.9. The molecule has 220 valence electrons. The molecule has 2 aliphatic rings. The van der Waals surface area contributed by atoms with Gasteiger partial charge < -0.3 is 14.4 Å². The SMILES string of the molecule is CCCc1nc(CC)n(-c2ccc(N3CCC4(CC3)OCCO4)cc2)c(=O)c1Cc1cccc(-c2ccccc2)c1C#N. The third kappa shape index (κ3) is 5.73. The quantitative estimate of drug-likeness (QED) is 0.249. The number of rotatable bonds is 8. The number of nitrogens with zero attached hydrogens (tertiary/aromatic N) is 4. The molecule has 3 aromatic carbocycles. The molecule has 43 heavy (non-hydrogen) atoms. The van der Waals surface area contributed by atoms with Gasteiger partial charge in [0.2, 0.25) is 0 Å². The second kappa shape index (κ2) is 12.5. The van der Waals surface area contributed by atoms with Crippen LogP contribution in [-0.2, 0) is 28.7 Å². The van der Waals surface area contributed by atoms with Crippen LogP contribution in [0.5, 0.6) is 0 Å². The Labute approximate surface area is 253 Å². The number of piperidine rings is 1. The fraction of sp³-hybridized carbons (Fsp3) is 0.361. The van der Waals surface area contributed by atoms with E-state index in [0.717, 1.165) is 71.9 Å². The maximum atomic E-state index is 14.3. The van der Waals surface area contributed by atoms with E-state index in [1.54, 1.807) is 4.57 Å². The molecule has 2 saturated heterocycles. The number of ether oxygens (including phenoxy) is 2. The van der Waals surface area contributed by atoms with E-state index in [0.29, 0.717) is 43.6 Å². The molecule has 1 aromatic heterocycles. The number of aryl methyl sites for hydroxylation is 2. The van der Waals surface area contributed by atoms with E-state index in [1.165, 1.54) is 0 Å². The van der Waals surface area contributed by atoms with Crippen LogP contribution < -0.4 is 10.5 Å². The first-order valence-corrected chi connectivity index (χ1v) is 15.4. The molecule has 3 heterocycles. The molecule has 0 N–H and O–H groups in total. The van der Waals surface area contributed by atoms with Crippen molar-refractivity contribution in [1.29, 1.82) is 5.26 Å². The molecule has 0 radical (unpaired) electrons. The highest BCUT2D eigenvalue weighted by atomic mass is 16.7. The van der Waals surface area contributed by atoms with Crippen LogP contribution >= 0.6 is 0 Å². The van der Waals surface area contributed by atoms with E-state index >= 15 is 0 Å². The molecule has 0 saturated carbocycles. The van der Waals surface area contributed by atoms with Crippen LogP contribution in [0, 0.1) is 11.3 Å². The average Bonchev–Trinajstić information content (AvgIpc) is 3.51. The summed E-state index contributed by atoms with van der Waals surface area (Å²) in [6.07, 6.45) is 4.26. The summed E-state index contributed by atoms with van der Waals surface area (Å²) in [4.78, 5) is 21.7. The van der Waals surface area contributed by atoms with E-state index < -0.39 is 5.79 Å². The van der Waals surface area contributed by atoms with Crippen LogP contribution in [0.4, 0.5) is 5.69 Å². The van der Waals surface area contributed by atoms with Gasteiger partial charge in [-0.05, 0) is 47.4 Å². The highest BCUT2D eigenvalue weighted by molar-refractivity contribution is 5.72. The molecular weight excluding hydrogens is 536 g/mol. The van der Waals surface area contributed by atoms with Gasteiger partial charge in [0.1, 0.15) is 11.9 Å². The van der Waals surface area contributed by atoms with E-state index in [2.05, 4.69) is 30.0 Å². The van der Waals surface area contributed by atoms with Gasteiger partial charge in [-0.15, -0.1) is 0 Å². The lowest BCUT2D eigenvalue weighted by Gasteiger charge is -2.38. The average molecular weight is 575 g/mol. The first-order chi connectivity index (χ1) is 21.1. The van der Waals surface area contributed by atoms with Gasteiger partial charge in [0.25, 0.3) is 5.56 Å². The standard InChI is InChI=1S/C36H38N4O3/c1-3-9-33-31(24-27-12-8-13-30(32(27)25-37)26-10-6-5-7-11-26)35(41)40(34(4-2)38-33)29-16-14-28(15-17-29)39-20-18-36(19-21-39)42-22-23-43-36/h5-8,10-17H,3-4,9,18-24H2,1-2H3. The minimum absolute atomic E-state index is 0.0625. The maximum absolute atomic E-state index is 14.3. The molecule has 6 rings (SSSR count). The summed E-state index contributed by atoms with van der Waals surface area (Å²) in [5, 5.41) is 10.2. The predicted octanol–water partition coefficient (Wildman–Crippen LogP) is 6.22. The Morgan fingerprint density at radius 2 is 1.60 bits per heavy atom. The highest BCUT2D eigenvalue weighted by Gasteiger charge is 2.39. The minimum atomic E-state index is -0.409. The lowest BCUT2D eigenvalue weighted by atomic mass is 9.92. The van der Waals surface area contributed by atoms with Crippen molar-refractivity contribution < 1.29 is 9.47 Å². The summed E-state index contributed by atoms with van der Waals surface area (Å²) >= 11 is 0. The van der Waals surface area contributed by atoms with Crippen LogP contribution in [0.2, 0.25) is 0 Å². The molecule has 7 nitrogen and oxygen atoms in total. The largest absolute Gasteiger partial charge is 0.371 e. The highest BCUT2D eigenvalue weighted by Crippen LogP contribution is 2.33. The number of benzene rings is 3. The minimum Gasteiger partial charge on any atom is -0.371 e. The molecule has 0 aliphatic carbocycles. The third-order valence-corrected chi connectivity index (χ3v) is 8.66. The van der Waals surface area contributed by atoms with Crippen molar-refractivity contribution in [3.8, 4) is 22.9 Å².